The molecule has 3 nitrogen and oxygen atoms in total. The monoisotopic (exact) mass is 307 g/mol. The van der Waals surface area contributed by atoms with Gasteiger partial charge in [-0.15, -0.1) is 0 Å². The summed E-state index contributed by atoms with van der Waals surface area (Å²) in [5.74, 6) is 1.84. The Morgan fingerprint density at radius 3 is 2.39 bits per heavy atom. The summed E-state index contributed by atoms with van der Waals surface area (Å²) in [6, 6.07) is 22.5. The maximum Gasteiger partial charge on any atom is 0.120 e. The Morgan fingerprint density at radius 2 is 1.70 bits per heavy atom. The molecular formula is C20H21NO2. The normalized spacial score (nSPS) is 12.0. The molecule has 3 heteroatoms. The molecule has 0 aliphatic carbocycles. The molecule has 1 heterocycles. The number of furan rings is 1. The number of hydrogen-bond donors (Lipinski definition) is 1. The van der Waals surface area contributed by atoms with Crippen molar-refractivity contribution in [2.24, 2.45) is 0 Å². The van der Waals surface area contributed by atoms with Gasteiger partial charge in [-0.2, -0.15) is 0 Å². The molecule has 0 saturated heterocycles. The molecule has 1 unspecified atom stereocenters. The van der Waals surface area contributed by atoms with Gasteiger partial charge in [0.05, 0.1) is 12.3 Å². The van der Waals surface area contributed by atoms with Gasteiger partial charge in [0.15, 0.2) is 0 Å². The quantitative estimate of drug-likeness (QED) is 0.686. The summed E-state index contributed by atoms with van der Waals surface area (Å²) in [5.41, 5.74) is 2.39. The minimum absolute atomic E-state index is 0.194. The SMILES string of the molecule is CC(NCc1ccc(OCc2ccccc2)cc1)c1ccco1. The van der Waals surface area contributed by atoms with Crippen molar-refractivity contribution >= 4 is 0 Å². The van der Waals surface area contributed by atoms with E-state index in [1.807, 2.05) is 42.5 Å². The molecule has 1 N–H and O–H groups in total. The second-order valence-corrected chi connectivity index (χ2v) is 5.54. The molecule has 2 aromatic carbocycles. The van der Waals surface area contributed by atoms with Crippen LogP contribution in [0.4, 0.5) is 0 Å². The molecule has 0 bridgehead atoms. The molecule has 0 saturated carbocycles. The molecule has 0 radical (unpaired) electrons. The average molecular weight is 307 g/mol. The van der Waals surface area contributed by atoms with Crippen LogP contribution in [0.3, 0.4) is 0 Å². The van der Waals surface area contributed by atoms with E-state index in [1.165, 1.54) is 11.1 Å². The molecular weight excluding hydrogens is 286 g/mol. The largest absolute Gasteiger partial charge is 0.489 e. The highest BCUT2D eigenvalue weighted by molar-refractivity contribution is 5.28. The number of nitrogens with one attached hydrogen (secondary N) is 1. The van der Waals surface area contributed by atoms with Crippen molar-refractivity contribution in [3.05, 3.63) is 89.9 Å². The van der Waals surface area contributed by atoms with Crippen molar-refractivity contribution in [2.45, 2.75) is 26.1 Å². The minimum Gasteiger partial charge on any atom is -0.489 e. The van der Waals surface area contributed by atoms with Gasteiger partial charge >= 0.3 is 0 Å². The van der Waals surface area contributed by atoms with Crippen molar-refractivity contribution in [3.63, 3.8) is 0 Å². The molecule has 0 amide bonds. The Labute approximate surface area is 136 Å². The highest BCUT2D eigenvalue weighted by Gasteiger charge is 2.07. The second kappa shape index (κ2) is 7.65. The Balaban J connectivity index is 1.49. The van der Waals surface area contributed by atoms with Crippen molar-refractivity contribution in [3.8, 4) is 5.75 Å². The van der Waals surface area contributed by atoms with Crippen molar-refractivity contribution in [2.75, 3.05) is 0 Å². The lowest BCUT2D eigenvalue weighted by molar-refractivity contribution is 0.306. The van der Waals surface area contributed by atoms with E-state index in [4.69, 9.17) is 9.15 Å². The minimum atomic E-state index is 0.194. The van der Waals surface area contributed by atoms with Crippen LogP contribution in [0.15, 0.2) is 77.4 Å². The molecule has 0 aliphatic heterocycles. The topological polar surface area (TPSA) is 34.4 Å². The van der Waals surface area contributed by atoms with Crippen molar-refractivity contribution in [1.82, 2.24) is 5.32 Å². The maximum atomic E-state index is 5.80. The Kier molecular flexibility index (Phi) is 5.12. The summed E-state index contributed by atoms with van der Waals surface area (Å²) in [6.45, 7) is 3.48. The first-order valence-corrected chi connectivity index (χ1v) is 7.84. The molecule has 3 rings (SSSR count). The van der Waals surface area contributed by atoms with Gasteiger partial charge < -0.3 is 14.5 Å². The first-order chi connectivity index (χ1) is 11.3. The lowest BCUT2D eigenvalue weighted by atomic mass is 10.2. The fourth-order valence-corrected chi connectivity index (χ4v) is 2.35. The third kappa shape index (κ3) is 4.47. The fraction of sp³-hybridized carbons (Fsp3) is 0.200. The summed E-state index contributed by atoms with van der Waals surface area (Å²) in [4.78, 5) is 0. The van der Waals surface area contributed by atoms with Crippen LogP contribution >= 0.6 is 0 Å². The molecule has 0 spiro atoms. The number of hydrogen-bond acceptors (Lipinski definition) is 3. The van der Waals surface area contributed by atoms with Gasteiger partial charge in [0, 0.05) is 6.54 Å². The predicted octanol–water partition coefficient (Wildman–Crippen LogP) is 4.71. The number of rotatable bonds is 7. The zero-order valence-electron chi connectivity index (χ0n) is 13.2. The van der Waals surface area contributed by atoms with Gasteiger partial charge in [-0.05, 0) is 42.3 Å². The van der Waals surface area contributed by atoms with Crippen molar-refractivity contribution < 1.29 is 9.15 Å². The fourth-order valence-electron chi connectivity index (χ4n) is 2.35. The summed E-state index contributed by atoms with van der Waals surface area (Å²) >= 11 is 0. The first-order valence-electron chi connectivity index (χ1n) is 7.84. The van der Waals surface area contributed by atoms with E-state index in [9.17, 15) is 0 Å². The van der Waals surface area contributed by atoms with E-state index in [2.05, 4.69) is 36.5 Å². The predicted molar refractivity (Wildman–Crippen MR) is 91.2 cm³/mol. The lowest BCUT2D eigenvalue weighted by Gasteiger charge is -2.12. The van der Waals surface area contributed by atoms with Crippen LogP contribution in [0, 0.1) is 0 Å². The molecule has 23 heavy (non-hydrogen) atoms. The van der Waals surface area contributed by atoms with E-state index in [0.29, 0.717) is 6.61 Å². The van der Waals surface area contributed by atoms with Crippen LogP contribution in [0.25, 0.3) is 0 Å². The van der Waals surface area contributed by atoms with E-state index < -0.39 is 0 Å². The molecule has 1 aromatic heterocycles. The van der Waals surface area contributed by atoms with E-state index in [1.54, 1.807) is 6.26 Å². The van der Waals surface area contributed by atoms with Gasteiger partial charge in [-0.3, -0.25) is 0 Å². The second-order valence-electron chi connectivity index (χ2n) is 5.54. The van der Waals surface area contributed by atoms with Crippen LogP contribution < -0.4 is 10.1 Å². The highest BCUT2D eigenvalue weighted by atomic mass is 16.5. The summed E-state index contributed by atoms with van der Waals surface area (Å²) < 4.78 is 11.2. The maximum absolute atomic E-state index is 5.80. The van der Waals surface area contributed by atoms with Crippen LogP contribution in [0.5, 0.6) is 5.75 Å². The van der Waals surface area contributed by atoms with Gasteiger partial charge in [0.2, 0.25) is 0 Å². The Morgan fingerprint density at radius 1 is 0.913 bits per heavy atom. The number of ether oxygens (including phenoxy) is 1. The average Bonchev–Trinajstić information content (AvgIpc) is 3.14. The van der Waals surface area contributed by atoms with E-state index in [0.717, 1.165) is 18.1 Å². The van der Waals surface area contributed by atoms with Gasteiger partial charge in [-0.25, -0.2) is 0 Å². The zero-order valence-corrected chi connectivity index (χ0v) is 13.2. The van der Waals surface area contributed by atoms with E-state index >= 15 is 0 Å². The molecule has 0 aliphatic rings. The zero-order chi connectivity index (χ0) is 15.9. The van der Waals surface area contributed by atoms with Crippen LogP contribution in [-0.2, 0) is 13.2 Å². The van der Waals surface area contributed by atoms with Gasteiger partial charge in [-0.1, -0.05) is 42.5 Å². The molecule has 3 aromatic rings. The number of benzene rings is 2. The van der Waals surface area contributed by atoms with E-state index in [-0.39, 0.29) is 6.04 Å². The lowest BCUT2D eigenvalue weighted by Crippen LogP contribution is -2.17. The van der Waals surface area contributed by atoms with Gasteiger partial charge in [0.25, 0.3) is 0 Å². The first kappa shape index (κ1) is 15.4. The Bertz CT molecular complexity index is 690. The van der Waals surface area contributed by atoms with Crippen molar-refractivity contribution in [1.29, 1.82) is 0 Å². The van der Waals surface area contributed by atoms with Crippen LogP contribution in [0.1, 0.15) is 29.9 Å². The molecule has 1 atom stereocenters. The smallest absolute Gasteiger partial charge is 0.120 e. The highest BCUT2D eigenvalue weighted by Crippen LogP contribution is 2.16. The standard InChI is InChI=1S/C20H21NO2/c1-16(20-8-5-13-22-20)21-14-17-9-11-19(12-10-17)23-15-18-6-3-2-4-7-18/h2-13,16,21H,14-15H2,1H3. The molecule has 118 valence electrons. The van der Waals surface area contributed by atoms with Crippen LogP contribution in [-0.4, -0.2) is 0 Å². The third-order valence-corrected chi connectivity index (χ3v) is 3.75. The van der Waals surface area contributed by atoms with Gasteiger partial charge in [0.1, 0.15) is 18.1 Å². The molecule has 0 fully saturated rings. The Hall–Kier alpha value is -2.52. The van der Waals surface area contributed by atoms with Crippen LogP contribution in [0.2, 0.25) is 0 Å². The summed E-state index contributed by atoms with van der Waals surface area (Å²) in [6.07, 6.45) is 1.70. The summed E-state index contributed by atoms with van der Waals surface area (Å²) in [5, 5.41) is 3.44. The third-order valence-electron chi connectivity index (χ3n) is 3.75. The summed E-state index contributed by atoms with van der Waals surface area (Å²) in [7, 11) is 0.